The van der Waals surface area contributed by atoms with E-state index < -0.39 is 6.55 Å². The van der Waals surface area contributed by atoms with Crippen LogP contribution in [0, 0.1) is 5.82 Å². The van der Waals surface area contributed by atoms with Crippen molar-refractivity contribution in [2.75, 3.05) is 13.1 Å². The topological polar surface area (TPSA) is 38.1 Å². The summed E-state index contributed by atoms with van der Waals surface area (Å²) >= 11 is 0. The summed E-state index contributed by atoms with van der Waals surface area (Å²) in [7, 11) is 0. The number of halogens is 3. The monoisotopic (exact) mass is 411 g/mol. The quantitative estimate of drug-likeness (QED) is 0.538. The zero-order valence-corrected chi connectivity index (χ0v) is 16.1. The number of hydrogen-bond acceptors (Lipinski definition) is 2. The van der Waals surface area contributed by atoms with Gasteiger partial charge >= 0.3 is 6.55 Å². The van der Waals surface area contributed by atoms with Crippen LogP contribution < -0.4 is 0 Å². The highest BCUT2D eigenvalue weighted by molar-refractivity contribution is 5.87. The van der Waals surface area contributed by atoms with E-state index in [0.29, 0.717) is 23.5 Å². The van der Waals surface area contributed by atoms with Gasteiger partial charge in [-0.05, 0) is 53.5 Å². The summed E-state index contributed by atoms with van der Waals surface area (Å²) in [4.78, 5) is 13.7. The Balaban J connectivity index is 1.76. The summed E-state index contributed by atoms with van der Waals surface area (Å²) in [5.74, 6) is -0.393. The Morgan fingerprint density at radius 2 is 1.87 bits per heavy atom. The first kappa shape index (κ1) is 19.9. The second-order valence-corrected chi connectivity index (χ2v) is 7.24. The normalized spacial score (nSPS) is 16.3. The highest BCUT2D eigenvalue weighted by atomic mass is 19.3. The molecule has 2 heterocycles. The lowest BCUT2D eigenvalue weighted by Crippen LogP contribution is -2.26. The molecular weight excluding hydrogens is 391 g/mol. The van der Waals surface area contributed by atoms with E-state index in [4.69, 9.17) is 0 Å². The SMILES string of the molecule is C=CC(=O)N1CC[C@@H](c2ccc(-c3ccc(F)cc3)cc2-c2ccn(C(F)F)n2)C1. The van der Waals surface area contributed by atoms with Gasteiger partial charge in [-0.2, -0.15) is 13.9 Å². The van der Waals surface area contributed by atoms with Gasteiger partial charge in [-0.15, -0.1) is 0 Å². The fourth-order valence-corrected chi connectivity index (χ4v) is 3.89. The first-order valence-corrected chi connectivity index (χ1v) is 9.61. The minimum atomic E-state index is -2.73. The first-order chi connectivity index (χ1) is 14.5. The van der Waals surface area contributed by atoms with Crippen molar-refractivity contribution in [3.63, 3.8) is 0 Å². The zero-order chi connectivity index (χ0) is 21.3. The molecule has 4 rings (SSSR count). The van der Waals surface area contributed by atoms with Crippen molar-refractivity contribution in [3.8, 4) is 22.4 Å². The molecule has 1 aliphatic heterocycles. The van der Waals surface area contributed by atoms with Crippen LogP contribution >= 0.6 is 0 Å². The number of carbonyl (C=O) groups excluding carboxylic acids is 1. The second-order valence-electron chi connectivity index (χ2n) is 7.24. The maximum atomic E-state index is 13.3. The van der Waals surface area contributed by atoms with Crippen molar-refractivity contribution in [2.24, 2.45) is 0 Å². The third-order valence-electron chi connectivity index (χ3n) is 5.43. The molecule has 2 aromatic carbocycles. The van der Waals surface area contributed by atoms with Crippen LogP contribution in [-0.2, 0) is 4.79 Å². The largest absolute Gasteiger partial charge is 0.339 e. The number of likely N-dealkylation sites (tertiary alicyclic amines) is 1. The smallest absolute Gasteiger partial charge is 0.333 e. The molecule has 3 aromatic rings. The second kappa shape index (κ2) is 8.18. The van der Waals surface area contributed by atoms with E-state index in [2.05, 4.69) is 11.7 Å². The van der Waals surface area contributed by atoms with Crippen molar-refractivity contribution in [1.29, 1.82) is 0 Å². The molecule has 0 N–H and O–H groups in total. The average Bonchev–Trinajstić information content (AvgIpc) is 3.43. The van der Waals surface area contributed by atoms with Crippen LogP contribution in [0.15, 0.2) is 67.4 Å². The molecule has 1 aromatic heterocycles. The van der Waals surface area contributed by atoms with Gasteiger partial charge in [0.1, 0.15) is 5.82 Å². The van der Waals surface area contributed by atoms with Crippen LogP contribution in [-0.4, -0.2) is 33.7 Å². The van der Waals surface area contributed by atoms with E-state index >= 15 is 0 Å². The maximum absolute atomic E-state index is 13.3. The number of nitrogens with zero attached hydrogens (tertiary/aromatic N) is 3. The molecular formula is C23H20F3N3O. The fraction of sp³-hybridized carbons (Fsp3) is 0.217. The lowest BCUT2D eigenvalue weighted by Gasteiger charge is -2.18. The number of hydrogen-bond donors (Lipinski definition) is 0. The molecule has 0 radical (unpaired) electrons. The lowest BCUT2D eigenvalue weighted by atomic mass is 9.89. The highest BCUT2D eigenvalue weighted by Crippen LogP contribution is 2.37. The average molecular weight is 411 g/mol. The zero-order valence-electron chi connectivity index (χ0n) is 16.1. The molecule has 1 atom stereocenters. The van der Waals surface area contributed by atoms with Gasteiger partial charge in [0, 0.05) is 30.8 Å². The first-order valence-electron chi connectivity index (χ1n) is 9.61. The van der Waals surface area contributed by atoms with Gasteiger partial charge in [-0.3, -0.25) is 4.79 Å². The molecule has 0 unspecified atom stereocenters. The molecule has 7 heteroatoms. The van der Waals surface area contributed by atoms with Gasteiger partial charge in [-0.1, -0.05) is 30.8 Å². The van der Waals surface area contributed by atoms with Crippen molar-refractivity contribution >= 4 is 5.91 Å². The molecule has 1 fully saturated rings. The number of carbonyl (C=O) groups is 1. The molecule has 4 nitrogen and oxygen atoms in total. The van der Waals surface area contributed by atoms with E-state index in [1.807, 2.05) is 18.2 Å². The Hall–Kier alpha value is -3.35. The fourth-order valence-electron chi connectivity index (χ4n) is 3.89. The van der Waals surface area contributed by atoms with Crippen LogP contribution in [0.1, 0.15) is 24.5 Å². The molecule has 0 spiro atoms. The Bertz CT molecular complexity index is 1080. The van der Waals surface area contributed by atoms with E-state index in [1.54, 1.807) is 23.1 Å². The Morgan fingerprint density at radius 1 is 1.13 bits per heavy atom. The van der Waals surface area contributed by atoms with E-state index in [1.165, 1.54) is 24.4 Å². The van der Waals surface area contributed by atoms with E-state index in [-0.39, 0.29) is 17.6 Å². The van der Waals surface area contributed by atoms with Crippen LogP contribution in [0.5, 0.6) is 0 Å². The summed E-state index contributed by atoms with van der Waals surface area (Å²) in [5.41, 5.74) is 3.75. The molecule has 0 aliphatic carbocycles. The van der Waals surface area contributed by atoms with Crippen LogP contribution in [0.25, 0.3) is 22.4 Å². The summed E-state index contributed by atoms with van der Waals surface area (Å²) < 4.78 is 40.1. The maximum Gasteiger partial charge on any atom is 0.333 e. The highest BCUT2D eigenvalue weighted by Gasteiger charge is 2.28. The van der Waals surface area contributed by atoms with Gasteiger partial charge < -0.3 is 4.90 Å². The molecule has 0 saturated carbocycles. The predicted octanol–water partition coefficient (Wildman–Crippen LogP) is 5.25. The standard InChI is InChI=1S/C23H20F3N3O/c1-2-22(30)28-11-9-17(14-28)19-8-5-16(15-3-6-18(24)7-4-15)13-20(19)21-10-12-29(27-21)23(25)26/h2-8,10,12-13,17,23H,1,9,11,14H2/t17-/m1/s1. The number of alkyl halides is 2. The van der Waals surface area contributed by atoms with Gasteiger partial charge in [-0.25, -0.2) is 9.07 Å². The Morgan fingerprint density at radius 3 is 2.53 bits per heavy atom. The van der Waals surface area contributed by atoms with Crippen molar-refractivity contribution in [3.05, 3.63) is 78.8 Å². The predicted molar refractivity (Wildman–Crippen MR) is 108 cm³/mol. The Labute approximate surface area is 172 Å². The van der Waals surface area contributed by atoms with Crippen molar-refractivity contribution < 1.29 is 18.0 Å². The van der Waals surface area contributed by atoms with Gasteiger partial charge in [0.25, 0.3) is 0 Å². The van der Waals surface area contributed by atoms with Crippen LogP contribution in [0.3, 0.4) is 0 Å². The van der Waals surface area contributed by atoms with E-state index in [0.717, 1.165) is 28.7 Å². The summed E-state index contributed by atoms with van der Waals surface area (Å²) in [6, 6.07) is 13.4. The van der Waals surface area contributed by atoms with Gasteiger partial charge in [0.05, 0.1) is 5.69 Å². The third kappa shape index (κ3) is 3.87. The Kier molecular flexibility index (Phi) is 5.44. The van der Waals surface area contributed by atoms with Crippen molar-refractivity contribution in [2.45, 2.75) is 18.9 Å². The molecule has 1 amide bonds. The summed E-state index contributed by atoms with van der Waals surface area (Å²) in [6.45, 7) is 1.95. The molecule has 0 bridgehead atoms. The van der Waals surface area contributed by atoms with Crippen LogP contribution in [0.4, 0.5) is 13.2 Å². The summed E-state index contributed by atoms with van der Waals surface area (Å²) in [5, 5.41) is 4.04. The summed E-state index contributed by atoms with van der Waals surface area (Å²) in [6.07, 6.45) is 3.31. The minimum Gasteiger partial charge on any atom is -0.339 e. The van der Waals surface area contributed by atoms with E-state index in [9.17, 15) is 18.0 Å². The van der Waals surface area contributed by atoms with Gasteiger partial charge in [0.15, 0.2) is 0 Å². The minimum absolute atomic E-state index is 0.0582. The lowest BCUT2D eigenvalue weighted by molar-refractivity contribution is -0.125. The van der Waals surface area contributed by atoms with Gasteiger partial charge in [0.2, 0.25) is 5.91 Å². The molecule has 1 saturated heterocycles. The third-order valence-corrected chi connectivity index (χ3v) is 5.43. The van der Waals surface area contributed by atoms with Crippen molar-refractivity contribution in [1.82, 2.24) is 14.7 Å². The molecule has 30 heavy (non-hydrogen) atoms. The number of amides is 1. The van der Waals surface area contributed by atoms with Crippen LogP contribution in [0.2, 0.25) is 0 Å². The number of aromatic nitrogens is 2. The number of benzene rings is 2. The number of rotatable bonds is 5. The molecule has 154 valence electrons. The molecule has 1 aliphatic rings.